The number of rotatable bonds is 6. The van der Waals surface area contributed by atoms with Crippen LogP contribution in [-0.4, -0.2) is 82.0 Å². The van der Waals surface area contributed by atoms with E-state index in [1.807, 2.05) is 52.0 Å². The molecule has 0 unspecified atom stereocenters. The van der Waals surface area contributed by atoms with E-state index in [-0.39, 0.29) is 16.9 Å². The zero-order chi connectivity index (χ0) is 26.7. The molecule has 1 aliphatic rings. The molecule has 10 heteroatoms. The van der Waals surface area contributed by atoms with Crippen molar-refractivity contribution in [1.82, 2.24) is 9.21 Å². The smallest absolute Gasteiger partial charge is 0.410 e. The average molecular weight is 517 g/mol. The number of piperazine rings is 1. The Morgan fingerprint density at radius 3 is 2.06 bits per heavy atom. The summed E-state index contributed by atoms with van der Waals surface area (Å²) >= 11 is 0. The number of nitrogens with zero attached hydrogens (tertiary/aromatic N) is 4. The number of benzene rings is 2. The third-order valence-corrected chi connectivity index (χ3v) is 7.72. The summed E-state index contributed by atoms with van der Waals surface area (Å²) in [7, 11) is -0.635. The lowest BCUT2D eigenvalue weighted by molar-refractivity contribution is 0.0240. The number of para-hydroxylation sites is 2. The Morgan fingerprint density at radius 1 is 0.944 bits per heavy atom. The Balaban J connectivity index is 1.79. The first-order valence-electron chi connectivity index (χ1n) is 12.0. The number of hydrogen-bond acceptors (Lipinski definition) is 6. The van der Waals surface area contributed by atoms with Crippen LogP contribution in [0.2, 0.25) is 0 Å². The van der Waals surface area contributed by atoms with Crippen molar-refractivity contribution in [2.75, 3.05) is 56.6 Å². The molecule has 0 radical (unpaired) electrons. The number of amides is 2. The van der Waals surface area contributed by atoms with Crippen LogP contribution in [0.5, 0.6) is 0 Å². The molecule has 1 fully saturated rings. The first-order valence-corrected chi connectivity index (χ1v) is 13.5. The first-order chi connectivity index (χ1) is 16.8. The molecule has 0 atom stereocenters. The van der Waals surface area contributed by atoms with E-state index in [4.69, 9.17) is 4.74 Å². The Bertz CT molecular complexity index is 1180. The van der Waals surface area contributed by atoms with E-state index in [2.05, 4.69) is 4.90 Å². The zero-order valence-electron chi connectivity index (χ0n) is 21.9. The molecule has 1 saturated heterocycles. The van der Waals surface area contributed by atoms with Crippen LogP contribution < -0.4 is 9.80 Å². The van der Waals surface area contributed by atoms with Gasteiger partial charge in [0.15, 0.2) is 0 Å². The second kappa shape index (κ2) is 10.9. The molecule has 36 heavy (non-hydrogen) atoms. The Kier molecular flexibility index (Phi) is 8.30. The number of anilines is 2. The Hall–Kier alpha value is -3.11. The first kappa shape index (κ1) is 27.5. The van der Waals surface area contributed by atoms with E-state index in [0.29, 0.717) is 38.3 Å². The molecule has 0 N–H and O–H groups in total. The van der Waals surface area contributed by atoms with E-state index >= 15 is 0 Å². The highest BCUT2D eigenvalue weighted by Crippen LogP contribution is 2.31. The highest BCUT2D eigenvalue weighted by Gasteiger charge is 2.28. The van der Waals surface area contributed by atoms with E-state index in [1.54, 1.807) is 21.9 Å². The van der Waals surface area contributed by atoms with Crippen LogP contribution in [0.25, 0.3) is 0 Å². The molecule has 1 aliphatic heterocycles. The van der Waals surface area contributed by atoms with E-state index in [9.17, 15) is 18.0 Å². The van der Waals surface area contributed by atoms with Gasteiger partial charge in [0.1, 0.15) is 5.60 Å². The minimum absolute atomic E-state index is 0.135. The molecule has 0 bridgehead atoms. The lowest BCUT2D eigenvalue weighted by Gasteiger charge is -2.38. The fraction of sp³-hybridized carbons (Fsp3) is 0.462. The summed E-state index contributed by atoms with van der Waals surface area (Å²) in [6, 6.07) is 13.7. The van der Waals surface area contributed by atoms with Crippen LogP contribution in [0.3, 0.4) is 0 Å². The number of sulfonamides is 1. The summed E-state index contributed by atoms with van der Waals surface area (Å²) in [5.74, 6) is -0.217. The van der Waals surface area contributed by atoms with Crippen molar-refractivity contribution in [2.24, 2.45) is 0 Å². The standard InChI is InChI=1S/C26H36N4O5S/c1-7-30(24(31)20-12-14-21(15-13-20)36(33,34)27(5)6)23-11-9-8-10-22(23)28-16-18-29(19-17-28)25(32)35-26(2,3)4/h8-15H,7,16-19H2,1-6H3. The van der Waals surface area contributed by atoms with Crippen molar-refractivity contribution >= 4 is 33.4 Å². The molecule has 9 nitrogen and oxygen atoms in total. The van der Waals surface area contributed by atoms with Crippen molar-refractivity contribution in [1.29, 1.82) is 0 Å². The molecule has 0 aliphatic carbocycles. The predicted octanol–water partition coefficient (Wildman–Crippen LogP) is 3.66. The highest BCUT2D eigenvalue weighted by molar-refractivity contribution is 7.89. The summed E-state index contributed by atoms with van der Waals surface area (Å²) < 4.78 is 31.4. The molecule has 196 valence electrons. The van der Waals surface area contributed by atoms with Crippen molar-refractivity contribution in [3.8, 4) is 0 Å². The van der Waals surface area contributed by atoms with Crippen LogP contribution >= 0.6 is 0 Å². The normalized spacial score (nSPS) is 14.6. The zero-order valence-corrected chi connectivity index (χ0v) is 22.7. The average Bonchev–Trinajstić information content (AvgIpc) is 2.84. The van der Waals surface area contributed by atoms with Gasteiger partial charge in [-0.2, -0.15) is 0 Å². The fourth-order valence-corrected chi connectivity index (χ4v) is 4.88. The van der Waals surface area contributed by atoms with Gasteiger partial charge in [0.2, 0.25) is 10.0 Å². The largest absolute Gasteiger partial charge is 0.444 e. The van der Waals surface area contributed by atoms with Gasteiger partial charge in [-0.15, -0.1) is 0 Å². The van der Waals surface area contributed by atoms with Gasteiger partial charge in [0, 0.05) is 52.4 Å². The van der Waals surface area contributed by atoms with Gasteiger partial charge in [-0.3, -0.25) is 4.79 Å². The van der Waals surface area contributed by atoms with Crippen LogP contribution in [-0.2, 0) is 14.8 Å². The third kappa shape index (κ3) is 6.17. The van der Waals surface area contributed by atoms with Crippen LogP contribution in [0.1, 0.15) is 38.1 Å². The van der Waals surface area contributed by atoms with Crippen LogP contribution in [0, 0.1) is 0 Å². The maximum atomic E-state index is 13.5. The molecule has 1 heterocycles. The van der Waals surface area contributed by atoms with E-state index in [1.165, 1.54) is 26.2 Å². The van der Waals surface area contributed by atoms with Crippen LogP contribution in [0.15, 0.2) is 53.4 Å². The minimum Gasteiger partial charge on any atom is -0.444 e. The summed E-state index contributed by atoms with van der Waals surface area (Å²) in [6.07, 6.45) is -0.319. The lowest BCUT2D eigenvalue weighted by atomic mass is 10.1. The molecule has 0 spiro atoms. The summed E-state index contributed by atoms with van der Waals surface area (Å²) in [5.41, 5.74) is 1.53. The summed E-state index contributed by atoms with van der Waals surface area (Å²) in [6.45, 7) is 10.1. The minimum atomic E-state index is -3.57. The van der Waals surface area contributed by atoms with Crippen molar-refractivity contribution in [3.05, 3.63) is 54.1 Å². The Morgan fingerprint density at radius 2 is 1.53 bits per heavy atom. The van der Waals surface area contributed by atoms with Gasteiger partial charge in [-0.25, -0.2) is 17.5 Å². The topological polar surface area (TPSA) is 90.5 Å². The fourth-order valence-electron chi connectivity index (χ4n) is 3.98. The number of ether oxygens (including phenoxy) is 1. The molecular formula is C26H36N4O5S. The van der Waals surface area contributed by atoms with Gasteiger partial charge < -0.3 is 19.4 Å². The lowest BCUT2D eigenvalue weighted by Crippen LogP contribution is -2.50. The molecular weight excluding hydrogens is 480 g/mol. The molecule has 0 saturated carbocycles. The van der Waals surface area contributed by atoms with E-state index < -0.39 is 15.6 Å². The number of hydrogen-bond donors (Lipinski definition) is 0. The van der Waals surface area contributed by atoms with Gasteiger partial charge >= 0.3 is 6.09 Å². The molecule has 2 amide bonds. The number of carbonyl (C=O) groups is 2. The van der Waals surface area contributed by atoms with Gasteiger partial charge in [-0.1, -0.05) is 12.1 Å². The maximum absolute atomic E-state index is 13.5. The molecule has 3 rings (SSSR count). The summed E-state index contributed by atoms with van der Waals surface area (Å²) in [4.78, 5) is 31.6. The van der Waals surface area contributed by atoms with Crippen LogP contribution in [0.4, 0.5) is 16.2 Å². The molecule has 2 aromatic rings. The summed E-state index contributed by atoms with van der Waals surface area (Å²) in [5, 5.41) is 0. The third-order valence-electron chi connectivity index (χ3n) is 5.89. The SMILES string of the molecule is CCN(C(=O)c1ccc(S(=O)(=O)N(C)C)cc1)c1ccccc1N1CCN(C(=O)OC(C)(C)C)CC1. The maximum Gasteiger partial charge on any atom is 0.410 e. The van der Waals surface area contributed by atoms with Gasteiger partial charge in [0.05, 0.1) is 16.3 Å². The van der Waals surface area contributed by atoms with Gasteiger partial charge in [-0.05, 0) is 64.1 Å². The van der Waals surface area contributed by atoms with Crippen molar-refractivity contribution in [2.45, 2.75) is 38.2 Å². The molecule has 0 aromatic heterocycles. The second-order valence-corrected chi connectivity index (χ2v) is 12.0. The Labute approximate surface area is 214 Å². The predicted molar refractivity (Wildman–Crippen MR) is 141 cm³/mol. The van der Waals surface area contributed by atoms with Crippen molar-refractivity contribution < 1.29 is 22.7 Å². The quantitative estimate of drug-likeness (QED) is 0.582. The van der Waals surface area contributed by atoms with Gasteiger partial charge in [0.25, 0.3) is 5.91 Å². The second-order valence-electron chi connectivity index (χ2n) is 9.80. The monoisotopic (exact) mass is 516 g/mol. The van der Waals surface area contributed by atoms with Crippen molar-refractivity contribution in [3.63, 3.8) is 0 Å². The number of carbonyl (C=O) groups excluding carboxylic acids is 2. The molecule has 2 aromatic carbocycles. The highest BCUT2D eigenvalue weighted by atomic mass is 32.2. The van der Waals surface area contributed by atoms with E-state index in [0.717, 1.165) is 15.7 Å².